The lowest BCUT2D eigenvalue weighted by Gasteiger charge is -2.18. The maximum absolute atomic E-state index is 12.1. The van der Waals surface area contributed by atoms with Crippen LogP contribution >= 0.6 is 11.6 Å². The number of rotatable bonds is 12. The average molecular weight is 416 g/mol. The van der Waals surface area contributed by atoms with Gasteiger partial charge in [0.2, 0.25) is 5.91 Å². The predicted octanol–water partition coefficient (Wildman–Crippen LogP) is 7.12. The molecule has 0 saturated carbocycles. The van der Waals surface area contributed by atoms with Crippen molar-refractivity contribution < 1.29 is 13.6 Å². The van der Waals surface area contributed by atoms with E-state index >= 15 is 0 Å². The number of carbonyl (C=O) groups excluding carboxylic acids is 1. The van der Waals surface area contributed by atoms with E-state index in [1.54, 1.807) is 0 Å². The Hall–Kier alpha value is -1.20. The van der Waals surface area contributed by atoms with Crippen LogP contribution < -0.4 is 10.5 Å². The van der Waals surface area contributed by atoms with Gasteiger partial charge in [0.05, 0.1) is 18.8 Å². The highest BCUT2D eigenvalue weighted by Crippen LogP contribution is 2.22. The second kappa shape index (κ2) is 12.3. The van der Waals surface area contributed by atoms with E-state index in [4.69, 9.17) is 11.6 Å². The Bertz CT molecular complexity index is 625. The van der Waals surface area contributed by atoms with E-state index in [2.05, 4.69) is 31.0 Å². The summed E-state index contributed by atoms with van der Waals surface area (Å²) in [6.07, 6.45) is 7.25. The smallest absolute Gasteiger partial charge is 0.266 e. The van der Waals surface area contributed by atoms with Crippen molar-refractivity contribution in [2.45, 2.75) is 77.4 Å². The van der Waals surface area contributed by atoms with Crippen LogP contribution in [0.1, 0.15) is 57.8 Å². The van der Waals surface area contributed by atoms with Crippen LogP contribution in [0.15, 0.2) is 30.4 Å². The van der Waals surface area contributed by atoms with E-state index in [0.717, 1.165) is 51.0 Å². The lowest BCUT2D eigenvalue weighted by molar-refractivity contribution is -0.116. The first-order chi connectivity index (χ1) is 12.7. The van der Waals surface area contributed by atoms with Gasteiger partial charge in [0, 0.05) is 6.42 Å². The molecule has 152 valence electrons. The summed E-state index contributed by atoms with van der Waals surface area (Å²) in [7, 11) is -1.41. The number of benzene rings is 1. The van der Waals surface area contributed by atoms with E-state index in [1.165, 1.54) is 5.19 Å². The van der Waals surface area contributed by atoms with Crippen LogP contribution in [0.4, 0.5) is 14.5 Å². The van der Waals surface area contributed by atoms with E-state index < -0.39 is 14.2 Å². The number of carbonyl (C=O) groups is 1. The molecule has 0 aliphatic carbocycles. The third kappa shape index (κ3) is 10.6. The van der Waals surface area contributed by atoms with E-state index in [0.29, 0.717) is 23.6 Å². The van der Waals surface area contributed by atoms with E-state index in [-0.39, 0.29) is 5.91 Å². The fraction of sp³-hybridized carbons (Fsp3) is 0.571. The highest BCUT2D eigenvalue weighted by Gasteiger charge is 2.17. The Labute approximate surface area is 168 Å². The van der Waals surface area contributed by atoms with Crippen molar-refractivity contribution in [3.63, 3.8) is 0 Å². The highest BCUT2D eigenvalue weighted by atomic mass is 35.5. The van der Waals surface area contributed by atoms with Gasteiger partial charge in [-0.15, -0.1) is 0 Å². The van der Waals surface area contributed by atoms with Gasteiger partial charge in [0.15, 0.2) is 0 Å². The first-order valence-electron chi connectivity index (χ1n) is 9.81. The van der Waals surface area contributed by atoms with Gasteiger partial charge in [-0.3, -0.25) is 4.79 Å². The van der Waals surface area contributed by atoms with Crippen molar-refractivity contribution in [1.29, 1.82) is 0 Å². The van der Waals surface area contributed by atoms with Crippen LogP contribution in [0.3, 0.4) is 0 Å². The highest BCUT2D eigenvalue weighted by molar-refractivity contribution is 6.88. The fourth-order valence-corrected chi connectivity index (χ4v) is 4.30. The molecule has 0 unspecified atom stereocenters. The number of anilines is 1. The maximum atomic E-state index is 12.1. The van der Waals surface area contributed by atoms with Gasteiger partial charge in [0.1, 0.15) is 0 Å². The summed E-state index contributed by atoms with van der Waals surface area (Å²) in [5.74, 6) is -0.00214. The van der Waals surface area contributed by atoms with E-state index in [1.807, 2.05) is 12.1 Å². The van der Waals surface area contributed by atoms with Crippen molar-refractivity contribution in [2.75, 3.05) is 5.32 Å². The zero-order valence-corrected chi connectivity index (χ0v) is 18.5. The molecule has 0 aliphatic heterocycles. The van der Waals surface area contributed by atoms with Gasteiger partial charge >= 0.3 is 0 Å². The average Bonchev–Trinajstić information content (AvgIpc) is 2.57. The van der Waals surface area contributed by atoms with Gasteiger partial charge in [-0.1, -0.05) is 74.6 Å². The van der Waals surface area contributed by atoms with Gasteiger partial charge < -0.3 is 5.32 Å². The third-order valence-electron chi connectivity index (χ3n) is 4.52. The first-order valence-corrected chi connectivity index (χ1v) is 13.7. The van der Waals surface area contributed by atoms with Crippen molar-refractivity contribution in [2.24, 2.45) is 0 Å². The minimum atomic E-state index is -1.58. The molecule has 0 heterocycles. The van der Waals surface area contributed by atoms with Crippen LogP contribution in [-0.4, -0.2) is 14.0 Å². The summed E-state index contributed by atoms with van der Waals surface area (Å²) in [6, 6.07) is 5.93. The van der Waals surface area contributed by atoms with Crippen molar-refractivity contribution in [1.82, 2.24) is 0 Å². The molecule has 1 aromatic carbocycles. The lowest BCUT2D eigenvalue weighted by atomic mass is 10.1. The maximum Gasteiger partial charge on any atom is 0.266 e. The molecule has 6 heteroatoms. The van der Waals surface area contributed by atoms with E-state index in [9.17, 15) is 13.6 Å². The summed E-state index contributed by atoms with van der Waals surface area (Å²) in [4.78, 5) is 12.1. The summed E-state index contributed by atoms with van der Waals surface area (Å²) in [5, 5.41) is 4.78. The Morgan fingerprint density at radius 3 is 2.19 bits per heavy atom. The summed E-state index contributed by atoms with van der Waals surface area (Å²) < 4.78 is 23.7. The van der Waals surface area contributed by atoms with Crippen molar-refractivity contribution in [3.05, 3.63) is 35.4 Å². The fourth-order valence-electron chi connectivity index (χ4n) is 2.82. The molecular formula is C21H32ClF2NOSi. The predicted molar refractivity (Wildman–Crippen MR) is 115 cm³/mol. The Balaban J connectivity index is 2.17. The number of halogens is 3. The second-order valence-corrected chi connectivity index (χ2v) is 13.5. The summed E-state index contributed by atoms with van der Waals surface area (Å²) in [5.41, 5.74) is 0.683. The molecule has 1 amide bonds. The van der Waals surface area contributed by atoms with Crippen LogP contribution in [0, 0.1) is 0 Å². The Morgan fingerprint density at radius 2 is 1.63 bits per heavy atom. The minimum Gasteiger partial charge on any atom is -0.325 e. The number of unbranched alkanes of at least 4 members (excludes halogenated alkanes) is 7. The number of hydrogen-bond acceptors (Lipinski definition) is 1. The Kier molecular flexibility index (Phi) is 10.9. The molecule has 0 aliphatic rings. The molecule has 0 fully saturated rings. The quantitative estimate of drug-likeness (QED) is 0.286. The number of allylic oxidation sites excluding steroid dienone is 1. The van der Waals surface area contributed by atoms with Crippen LogP contribution in [0.5, 0.6) is 0 Å². The topological polar surface area (TPSA) is 29.1 Å². The molecular weight excluding hydrogens is 384 g/mol. The third-order valence-corrected chi connectivity index (χ3v) is 6.87. The number of amides is 1. The zero-order valence-electron chi connectivity index (χ0n) is 16.7. The molecule has 27 heavy (non-hydrogen) atoms. The van der Waals surface area contributed by atoms with Crippen molar-refractivity contribution >= 4 is 36.5 Å². The molecule has 2 nitrogen and oxygen atoms in total. The molecule has 0 spiro atoms. The molecule has 0 atom stereocenters. The van der Waals surface area contributed by atoms with Crippen LogP contribution in [-0.2, 0) is 4.79 Å². The number of hydrogen-bond donors (Lipinski definition) is 1. The minimum absolute atomic E-state index is 0.00214. The van der Waals surface area contributed by atoms with Gasteiger partial charge in [-0.05, 0) is 37.5 Å². The molecule has 1 N–H and O–H groups in total. The molecule has 1 rings (SSSR count). The van der Waals surface area contributed by atoms with Gasteiger partial charge in [-0.25, -0.2) is 0 Å². The first kappa shape index (κ1) is 23.8. The van der Waals surface area contributed by atoms with Crippen LogP contribution in [0.2, 0.25) is 24.7 Å². The normalized spacial score (nSPS) is 11.3. The molecule has 1 aromatic rings. The summed E-state index contributed by atoms with van der Waals surface area (Å²) >= 11 is 6.31. The van der Waals surface area contributed by atoms with Crippen molar-refractivity contribution in [3.8, 4) is 0 Å². The summed E-state index contributed by atoms with van der Waals surface area (Å²) in [6.45, 7) is 6.79. The van der Waals surface area contributed by atoms with Crippen LogP contribution in [0.25, 0.3) is 0 Å². The lowest BCUT2D eigenvalue weighted by Crippen LogP contribution is -2.37. The SMILES string of the molecule is C[Si](C)(C)c1ccc(NC(=O)CCCCCCCCCC=C(F)F)c(Cl)c1. The molecule has 0 bridgehead atoms. The molecule has 0 radical (unpaired) electrons. The largest absolute Gasteiger partial charge is 0.325 e. The molecule has 0 aromatic heterocycles. The van der Waals surface area contributed by atoms with Gasteiger partial charge in [0.25, 0.3) is 6.08 Å². The molecule has 0 saturated heterocycles. The Morgan fingerprint density at radius 1 is 1.04 bits per heavy atom. The second-order valence-electron chi connectivity index (χ2n) is 8.00. The number of nitrogens with one attached hydrogen (secondary N) is 1. The zero-order chi connectivity index (χ0) is 20.3. The monoisotopic (exact) mass is 415 g/mol. The standard InChI is InChI=1S/C21H32ClF2NOSi/c1-27(2,3)17-14-15-19(18(22)16-17)25-21(26)13-11-9-7-5-4-6-8-10-12-20(23)24/h12,14-16H,4-11,13H2,1-3H3,(H,25,26). The van der Waals surface area contributed by atoms with Gasteiger partial charge in [-0.2, -0.15) is 8.78 Å².